The first-order valence-electron chi connectivity index (χ1n) is 6.45. The molecule has 2 rings (SSSR count). The molecule has 0 spiro atoms. The molecule has 1 aliphatic rings. The van der Waals surface area contributed by atoms with E-state index < -0.39 is 0 Å². The number of nitriles is 1. The van der Waals surface area contributed by atoms with Gasteiger partial charge in [0.25, 0.3) is 0 Å². The zero-order chi connectivity index (χ0) is 12.1. The normalized spacial score (nSPS) is 24.5. The van der Waals surface area contributed by atoms with Gasteiger partial charge in [0, 0.05) is 23.4 Å². The van der Waals surface area contributed by atoms with Crippen LogP contribution in [0, 0.1) is 24.2 Å². The van der Waals surface area contributed by atoms with Gasteiger partial charge in [0.15, 0.2) is 0 Å². The van der Waals surface area contributed by atoms with Gasteiger partial charge in [-0.3, -0.25) is 0 Å². The smallest absolute Gasteiger partial charge is 0.0655 e. The van der Waals surface area contributed by atoms with Crippen molar-refractivity contribution in [3.8, 4) is 6.07 Å². The minimum atomic E-state index is 0.313. The molecule has 1 heterocycles. The summed E-state index contributed by atoms with van der Waals surface area (Å²) in [7, 11) is 0. The molecule has 0 atom stereocenters. The van der Waals surface area contributed by atoms with Crippen LogP contribution < -0.4 is 5.32 Å². The van der Waals surface area contributed by atoms with Crippen molar-refractivity contribution in [2.45, 2.75) is 45.1 Å². The summed E-state index contributed by atoms with van der Waals surface area (Å²) in [4.78, 5) is 1.50. The van der Waals surface area contributed by atoms with E-state index in [4.69, 9.17) is 5.26 Å². The Balaban J connectivity index is 1.67. The SMILES string of the molecule is Cc1ccsc1CCNC1CCC(C#N)CC1. The second kappa shape index (κ2) is 6.18. The Bertz CT molecular complexity index is 383. The summed E-state index contributed by atoms with van der Waals surface area (Å²) in [6.45, 7) is 3.26. The molecule has 0 bridgehead atoms. The molecule has 1 saturated carbocycles. The first-order valence-corrected chi connectivity index (χ1v) is 7.33. The van der Waals surface area contributed by atoms with Crippen molar-refractivity contribution >= 4 is 11.3 Å². The van der Waals surface area contributed by atoms with Crippen LogP contribution in [0.15, 0.2) is 11.4 Å². The standard InChI is InChI=1S/C14H20N2S/c1-11-7-9-17-14(11)6-8-16-13-4-2-12(10-15)3-5-13/h7,9,12-13,16H,2-6,8H2,1H3. The summed E-state index contributed by atoms with van der Waals surface area (Å²) in [5.41, 5.74) is 1.42. The maximum Gasteiger partial charge on any atom is 0.0655 e. The molecule has 1 aliphatic carbocycles. The first-order chi connectivity index (χ1) is 8.29. The van der Waals surface area contributed by atoms with Gasteiger partial charge in [0.1, 0.15) is 0 Å². The van der Waals surface area contributed by atoms with Gasteiger partial charge >= 0.3 is 0 Å². The molecular formula is C14H20N2S. The fourth-order valence-electron chi connectivity index (χ4n) is 2.48. The van der Waals surface area contributed by atoms with Crippen LogP contribution in [0.4, 0.5) is 0 Å². The molecule has 0 radical (unpaired) electrons. The highest BCUT2D eigenvalue weighted by Gasteiger charge is 2.19. The fourth-order valence-corrected chi connectivity index (χ4v) is 3.39. The number of hydrogen-bond donors (Lipinski definition) is 1. The predicted octanol–water partition coefficient (Wildman–Crippen LogP) is 3.27. The quantitative estimate of drug-likeness (QED) is 0.887. The van der Waals surface area contributed by atoms with E-state index in [1.54, 1.807) is 0 Å². The molecule has 1 aromatic rings. The zero-order valence-corrected chi connectivity index (χ0v) is 11.2. The fraction of sp³-hybridized carbons (Fsp3) is 0.643. The predicted molar refractivity (Wildman–Crippen MR) is 72.1 cm³/mol. The Morgan fingerprint density at radius 2 is 2.18 bits per heavy atom. The zero-order valence-electron chi connectivity index (χ0n) is 10.4. The lowest BCUT2D eigenvalue weighted by Crippen LogP contribution is -2.34. The molecule has 1 aromatic heterocycles. The van der Waals surface area contributed by atoms with Crippen molar-refractivity contribution in [3.63, 3.8) is 0 Å². The molecule has 17 heavy (non-hydrogen) atoms. The number of nitrogens with one attached hydrogen (secondary N) is 1. The van der Waals surface area contributed by atoms with Crippen LogP contribution in [-0.4, -0.2) is 12.6 Å². The van der Waals surface area contributed by atoms with Crippen molar-refractivity contribution in [2.24, 2.45) is 5.92 Å². The Labute approximate surface area is 108 Å². The van der Waals surface area contributed by atoms with E-state index in [1.165, 1.54) is 23.3 Å². The van der Waals surface area contributed by atoms with Crippen LogP contribution in [0.2, 0.25) is 0 Å². The lowest BCUT2D eigenvalue weighted by atomic mass is 9.87. The van der Waals surface area contributed by atoms with Gasteiger partial charge in [0.05, 0.1) is 6.07 Å². The van der Waals surface area contributed by atoms with Gasteiger partial charge < -0.3 is 5.32 Å². The summed E-state index contributed by atoms with van der Waals surface area (Å²) in [6, 6.07) is 5.22. The molecule has 1 N–H and O–H groups in total. The van der Waals surface area contributed by atoms with Crippen molar-refractivity contribution in [1.82, 2.24) is 5.32 Å². The maximum absolute atomic E-state index is 8.84. The molecule has 0 aromatic carbocycles. The number of nitrogens with zero attached hydrogens (tertiary/aromatic N) is 1. The van der Waals surface area contributed by atoms with Gasteiger partial charge in [-0.25, -0.2) is 0 Å². The molecule has 1 fully saturated rings. The number of rotatable bonds is 4. The topological polar surface area (TPSA) is 35.8 Å². The van der Waals surface area contributed by atoms with E-state index in [1.807, 2.05) is 11.3 Å². The average molecular weight is 248 g/mol. The highest BCUT2D eigenvalue weighted by Crippen LogP contribution is 2.23. The Morgan fingerprint density at radius 3 is 2.76 bits per heavy atom. The molecular weight excluding hydrogens is 228 g/mol. The summed E-state index contributed by atoms with van der Waals surface area (Å²) in [5, 5.41) is 14.6. The first kappa shape index (κ1) is 12.6. The Hall–Kier alpha value is -0.850. The lowest BCUT2D eigenvalue weighted by Gasteiger charge is -2.25. The van der Waals surface area contributed by atoms with E-state index >= 15 is 0 Å². The van der Waals surface area contributed by atoms with Crippen molar-refractivity contribution in [3.05, 3.63) is 21.9 Å². The molecule has 0 unspecified atom stereocenters. The van der Waals surface area contributed by atoms with Crippen LogP contribution in [0.3, 0.4) is 0 Å². The summed E-state index contributed by atoms with van der Waals surface area (Å²) >= 11 is 1.86. The molecule has 3 heteroatoms. The molecule has 2 nitrogen and oxygen atoms in total. The van der Waals surface area contributed by atoms with Gasteiger partial charge in [-0.15, -0.1) is 11.3 Å². The van der Waals surface area contributed by atoms with Crippen LogP contribution in [0.5, 0.6) is 0 Å². The molecule has 0 aliphatic heterocycles. The van der Waals surface area contributed by atoms with E-state index in [0.29, 0.717) is 12.0 Å². The third-order valence-electron chi connectivity index (χ3n) is 3.66. The van der Waals surface area contributed by atoms with Crippen molar-refractivity contribution in [1.29, 1.82) is 5.26 Å². The Kier molecular flexibility index (Phi) is 4.58. The van der Waals surface area contributed by atoms with Crippen LogP contribution in [0.25, 0.3) is 0 Å². The summed E-state index contributed by atoms with van der Waals surface area (Å²) < 4.78 is 0. The van der Waals surface area contributed by atoms with Gasteiger partial charge in [-0.1, -0.05) is 0 Å². The summed E-state index contributed by atoms with van der Waals surface area (Å²) in [5.74, 6) is 0.313. The van der Waals surface area contributed by atoms with Gasteiger partial charge in [-0.05, 0) is 56.0 Å². The van der Waals surface area contributed by atoms with E-state index in [-0.39, 0.29) is 0 Å². The highest BCUT2D eigenvalue weighted by atomic mass is 32.1. The third kappa shape index (κ3) is 3.55. The molecule has 92 valence electrons. The number of thiophene rings is 1. The second-order valence-electron chi connectivity index (χ2n) is 4.91. The minimum Gasteiger partial charge on any atom is -0.314 e. The summed E-state index contributed by atoms with van der Waals surface area (Å²) in [6.07, 6.45) is 5.63. The number of hydrogen-bond acceptors (Lipinski definition) is 3. The maximum atomic E-state index is 8.84. The largest absolute Gasteiger partial charge is 0.314 e. The van der Waals surface area contributed by atoms with Crippen LogP contribution in [0.1, 0.15) is 36.1 Å². The van der Waals surface area contributed by atoms with Gasteiger partial charge in [-0.2, -0.15) is 5.26 Å². The second-order valence-corrected chi connectivity index (χ2v) is 5.91. The molecule has 0 saturated heterocycles. The lowest BCUT2D eigenvalue weighted by molar-refractivity contribution is 0.334. The Morgan fingerprint density at radius 1 is 1.41 bits per heavy atom. The van der Waals surface area contributed by atoms with Crippen LogP contribution >= 0.6 is 11.3 Å². The van der Waals surface area contributed by atoms with E-state index in [2.05, 4.69) is 29.8 Å². The number of aryl methyl sites for hydroxylation is 1. The minimum absolute atomic E-state index is 0.313. The monoisotopic (exact) mass is 248 g/mol. The van der Waals surface area contributed by atoms with E-state index in [0.717, 1.165) is 25.8 Å². The van der Waals surface area contributed by atoms with Crippen molar-refractivity contribution < 1.29 is 0 Å². The van der Waals surface area contributed by atoms with Crippen molar-refractivity contribution in [2.75, 3.05) is 6.54 Å². The highest BCUT2D eigenvalue weighted by molar-refractivity contribution is 7.10. The van der Waals surface area contributed by atoms with E-state index in [9.17, 15) is 0 Å². The van der Waals surface area contributed by atoms with Crippen LogP contribution in [-0.2, 0) is 6.42 Å². The average Bonchev–Trinajstić information content (AvgIpc) is 2.76. The van der Waals surface area contributed by atoms with Gasteiger partial charge in [0.2, 0.25) is 0 Å². The molecule has 0 amide bonds. The third-order valence-corrected chi connectivity index (χ3v) is 4.75.